The first-order valence-corrected chi connectivity index (χ1v) is 8.25. The molecule has 0 aliphatic carbocycles. The minimum atomic E-state index is 0.757. The molecule has 2 unspecified atom stereocenters. The molecule has 2 atom stereocenters. The molecule has 0 amide bonds. The standard InChI is InChI=1S/C10H20N2.2ClH.Cu/c1-3-7-11-9(5-1)10-6-2-4-8-12-10;;;/h9-12H,1-8H2;2*1H;/q;;;+2/p-2. The van der Waals surface area contributed by atoms with E-state index in [9.17, 15) is 0 Å². The van der Waals surface area contributed by atoms with Crippen molar-refractivity contribution in [1.82, 2.24) is 10.6 Å². The van der Waals surface area contributed by atoms with Gasteiger partial charge in [0.1, 0.15) is 0 Å². The molecule has 2 aliphatic heterocycles. The zero-order valence-corrected chi connectivity index (χ0v) is 11.3. The van der Waals surface area contributed by atoms with Gasteiger partial charge in [0.05, 0.1) is 0 Å². The summed E-state index contributed by atoms with van der Waals surface area (Å²) in [5, 5.41) is 7.25. The van der Waals surface area contributed by atoms with E-state index in [0.717, 1.165) is 25.2 Å². The number of hydrogen-bond donors (Lipinski definition) is 2. The van der Waals surface area contributed by atoms with E-state index in [4.69, 9.17) is 0 Å². The quantitative estimate of drug-likeness (QED) is 0.728. The van der Waals surface area contributed by atoms with E-state index < -0.39 is 0 Å². The summed E-state index contributed by atoms with van der Waals surface area (Å²) in [7, 11) is 9.34. The van der Waals surface area contributed by atoms with E-state index in [2.05, 4.69) is 30.8 Å². The van der Waals surface area contributed by atoms with Crippen LogP contribution in [0, 0.1) is 0 Å². The van der Waals surface area contributed by atoms with Crippen molar-refractivity contribution in [3.63, 3.8) is 0 Å². The Bertz CT molecular complexity index is 132. The van der Waals surface area contributed by atoms with Crippen LogP contribution in [0.3, 0.4) is 0 Å². The molecular weight excluding hydrogens is 283 g/mol. The van der Waals surface area contributed by atoms with E-state index in [1.54, 1.807) is 0 Å². The Kier molecular flexibility index (Phi) is 8.54. The Hall–Kier alpha value is 1.02. The molecule has 2 aliphatic rings. The van der Waals surface area contributed by atoms with Gasteiger partial charge in [0, 0.05) is 12.1 Å². The second kappa shape index (κ2) is 9.09. The monoisotopic (exact) mass is 301 g/mol. The number of piperidine rings is 2. The molecule has 2 saturated heterocycles. The normalized spacial score (nSPS) is 31.9. The van der Waals surface area contributed by atoms with Crippen LogP contribution in [0.4, 0.5) is 0 Å². The van der Waals surface area contributed by atoms with Crippen LogP contribution >= 0.6 is 20.2 Å². The van der Waals surface area contributed by atoms with Crippen LogP contribution in [0.1, 0.15) is 38.5 Å². The maximum absolute atomic E-state index is 4.67. The van der Waals surface area contributed by atoms with E-state index >= 15 is 0 Å². The van der Waals surface area contributed by atoms with Gasteiger partial charge in [0.15, 0.2) is 0 Å². The minimum absolute atomic E-state index is 0.757. The van der Waals surface area contributed by atoms with Gasteiger partial charge in [-0.1, -0.05) is 12.8 Å². The van der Waals surface area contributed by atoms with E-state index in [-0.39, 0.29) is 0 Å². The first kappa shape index (κ1) is 14.1. The van der Waals surface area contributed by atoms with E-state index in [1.165, 1.54) is 51.6 Å². The molecule has 0 aromatic rings. The van der Waals surface area contributed by atoms with Gasteiger partial charge in [-0.2, -0.15) is 0 Å². The van der Waals surface area contributed by atoms with Crippen LogP contribution in [0.5, 0.6) is 0 Å². The third-order valence-electron chi connectivity index (χ3n) is 3.18. The molecule has 0 aromatic carbocycles. The van der Waals surface area contributed by atoms with Crippen molar-refractivity contribution in [2.45, 2.75) is 50.6 Å². The Balaban J connectivity index is 0.000000337. The molecule has 2 fully saturated rings. The Morgan fingerprint density at radius 1 is 0.800 bits per heavy atom. The topological polar surface area (TPSA) is 24.1 Å². The number of rotatable bonds is 1. The van der Waals surface area contributed by atoms with Crippen LogP contribution < -0.4 is 10.6 Å². The first-order chi connectivity index (χ1) is 7.38. The predicted molar refractivity (Wildman–Crippen MR) is 63.0 cm³/mol. The van der Waals surface area contributed by atoms with Crippen LogP contribution in [0.2, 0.25) is 0 Å². The SMILES string of the molecule is C1CCC(C2CCCCN2)NC1.[Cl][Cu][Cl]. The van der Waals surface area contributed by atoms with Crippen molar-refractivity contribution in [2.75, 3.05) is 13.1 Å². The fraction of sp³-hybridized carbons (Fsp3) is 1.00. The third-order valence-corrected chi connectivity index (χ3v) is 3.18. The average Bonchev–Trinajstić information content (AvgIpc) is 2.32. The summed E-state index contributed by atoms with van der Waals surface area (Å²) < 4.78 is 0. The fourth-order valence-electron chi connectivity index (χ4n) is 2.44. The average molecular weight is 303 g/mol. The zero-order chi connectivity index (χ0) is 10.9. The Morgan fingerprint density at radius 3 is 1.47 bits per heavy atom. The predicted octanol–water partition coefficient (Wildman–Crippen LogP) is 2.65. The van der Waals surface area contributed by atoms with Gasteiger partial charge >= 0.3 is 33.3 Å². The molecule has 0 spiro atoms. The molecule has 2 rings (SSSR count). The van der Waals surface area contributed by atoms with Gasteiger partial charge in [0.25, 0.3) is 0 Å². The van der Waals surface area contributed by atoms with Crippen molar-refractivity contribution in [2.24, 2.45) is 0 Å². The molecule has 2 N–H and O–H groups in total. The summed E-state index contributed by atoms with van der Waals surface area (Å²) in [6, 6.07) is 1.55. The van der Waals surface area contributed by atoms with Gasteiger partial charge in [0.2, 0.25) is 0 Å². The summed E-state index contributed by atoms with van der Waals surface area (Å²) in [4.78, 5) is 0. The molecule has 2 heterocycles. The molecule has 0 bridgehead atoms. The summed E-state index contributed by atoms with van der Waals surface area (Å²) >= 11 is 0.757. The van der Waals surface area contributed by atoms with Crippen molar-refractivity contribution in [1.29, 1.82) is 0 Å². The molecule has 0 saturated carbocycles. The van der Waals surface area contributed by atoms with Gasteiger partial charge in [-0.25, -0.2) is 0 Å². The van der Waals surface area contributed by atoms with Crippen molar-refractivity contribution >= 4 is 20.2 Å². The van der Waals surface area contributed by atoms with Crippen molar-refractivity contribution in [3.8, 4) is 0 Å². The van der Waals surface area contributed by atoms with Crippen LogP contribution in [-0.2, 0) is 13.1 Å². The van der Waals surface area contributed by atoms with Crippen LogP contribution in [0.15, 0.2) is 0 Å². The molecule has 0 radical (unpaired) electrons. The van der Waals surface area contributed by atoms with Crippen molar-refractivity contribution in [3.05, 3.63) is 0 Å². The van der Waals surface area contributed by atoms with E-state index in [0.29, 0.717) is 0 Å². The van der Waals surface area contributed by atoms with Gasteiger partial charge < -0.3 is 10.6 Å². The molecule has 2 nitrogen and oxygen atoms in total. The summed E-state index contributed by atoms with van der Waals surface area (Å²) in [5.74, 6) is 0. The Labute approximate surface area is 107 Å². The maximum atomic E-state index is 4.67. The van der Waals surface area contributed by atoms with Crippen LogP contribution in [0.25, 0.3) is 0 Å². The van der Waals surface area contributed by atoms with Gasteiger partial charge in [-0.05, 0) is 38.8 Å². The van der Waals surface area contributed by atoms with Gasteiger partial charge in [-0.3, -0.25) is 0 Å². The molecule has 5 heteroatoms. The molecular formula is C10H20Cl2CuN2. The second-order valence-corrected chi connectivity index (χ2v) is 5.71. The molecule has 15 heavy (non-hydrogen) atoms. The summed E-state index contributed by atoms with van der Waals surface area (Å²) in [6.45, 7) is 2.48. The fourth-order valence-corrected chi connectivity index (χ4v) is 2.44. The third kappa shape index (κ3) is 5.76. The Morgan fingerprint density at radius 2 is 1.20 bits per heavy atom. The van der Waals surface area contributed by atoms with Gasteiger partial charge in [-0.15, -0.1) is 0 Å². The summed E-state index contributed by atoms with van der Waals surface area (Å²) in [6.07, 6.45) is 8.38. The number of nitrogens with one attached hydrogen (secondary N) is 2. The summed E-state index contributed by atoms with van der Waals surface area (Å²) in [5.41, 5.74) is 0. The van der Waals surface area contributed by atoms with Crippen molar-refractivity contribution < 1.29 is 13.1 Å². The molecule has 95 valence electrons. The van der Waals surface area contributed by atoms with Crippen LogP contribution in [-0.4, -0.2) is 25.2 Å². The second-order valence-electron chi connectivity index (χ2n) is 4.16. The number of hydrogen-bond acceptors (Lipinski definition) is 2. The van der Waals surface area contributed by atoms with E-state index in [1.807, 2.05) is 0 Å². The number of halogens is 2. The zero-order valence-electron chi connectivity index (χ0n) is 8.87. The molecule has 0 aromatic heterocycles. The first-order valence-electron chi connectivity index (χ1n) is 5.66.